The number of aliphatic hydroxyl groups excluding tert-OH is 1. The summed E-state index contributed by atoms with van der Waals surface area (Å²) in [5, 5.41) is 9.15. The van der Waals surface area contributed by atoms with Crippen molar-refractivity contribution >= 4 is 7.62 Å². The summed E-state index contributed by atoms with van der Waals surface area (Å²) in [6.07, 6.45) is 0.369. The van der Waals surface area contributed by atoms with E-state index in [0.29, 0.717) is 12.5 Å². The van der Waals surface area contributed by atoms with Gasteiger partial charge in [-0.1, -0.05) is 13.8 Å². The fourth-order valence-corrected chi connectivity index (χ4v) is 0.779. The molecule has 59 valence electrons. The summed E-state index contributed by atoms with van der Waals surface area (Å²) >= 11 is 0. The van der Waals surface area contributed by atoms with Crippen molar-refractivity contribution in [3.63, 3.8) is 0 Å². The maximum absolute atomic E-state index is 9.15. The van der Waals surface area contributed by atoms with E-state index in [0.717, 1.165) is 14.0 Å². The van der Waals surface area contributed by atoms with Crippen molar-refractivity contribution in [2.75, 3.05) is 6.61 Å². The lowest BCUT2D eigenvalue weighted by Crippen LogP contribution is -2.21. The van der Waals surface area contributed by atoms with Crippen molar-refractivity contribution in [3.05, 3.63) is 0 Å². The lowest BCUT2D eigenvalue weighted by atomic mass is 10.1. The van der Waals surface area contributed by atoms with E-state index in [2.05, 4.69) is 13.8 Å². The van der Waals surface area contributed by atoms with Crippen molar-refractivity contribution in [2.45, 2.75) is 26.4 Å². The summed E-state index contributed by atoms with van der Waals surface area (Å²) in [5.74, 6) is 0.497. The molecule has 0 spiro atoms. The maximum Gasteiger partial charge on any atom is 0.392 e. The van der Waals surface area contributed by atoms with Gasteiger partial charge in [0, 0.05) is 0 Å². The molecule has 0 aromatic heterocycles. The fourth-order valence-electron chi connectivity index (χ4n) is 0.779. The van der Waals surface area contributed by atoms with Gasteiger partial charge in [-0.2, -0.15) is 0 Å². The highest BCUT2D eigenvalue weighted by molar-refractivity contribution is 6.22. The first-order chi connectivity index (χ1) is 4.66. The molecule has 3 N–H and O–H groups in total. The summed E-state index contributed by atoms with van der Waals surface area (Å²) in [5.41, 5.74) is 4.95. The molecule has 1 unspecified atom stereocenters. The van der Waals surface area contributed by atoms with Gasteiger partial charge in [0.25, 0.3) is 0 Å². The van der Waals surface area contributed by atoms with E-state index in [1.54, 1.807) is 0 Å². The second-order valence-electron chi connectivity index (χ2n) is 2.75. The van der Waals surface area contributed by atoms with Gasteiger partial charge in [0.05, 0.1) is 12.7 Å². The van der Waals surface area contributed by atoms with Crippen LogP contribution in [0, 0.1) is 5.92 Å². The van der Waals surface area contributed by atoms with Crippen LogP contribution in [0.2, 0.25) is 0 Å². The zero-order valence-electron chi connectivity index (χ0n) is 6.58. The molecule has 0 saturated heterocycles. The average Bonchev–Trinajstić information content (AvgIpc) is 1.82. The largest absolute Gasteiger partial charge is 0.422 e. The third-order valence-corrected chi connectivity index (χ3v) is 1.13. The summed E-state index contributed by atoms with van der Waals surface area (Å²) in [6, 6.07) is 0. The van der Waals surface area contributed by atoms with Crippen molar-refractivity contribution in [1.29, 1.82) is 0 Å². The second-order valence-corrected chi connectivity index (χ2v) is 2.75. The monoisotopic (exact) mass is 144 g/mol. The van der Waals surface area contributed by atoms with E-state index < -0.39 is 0 Å². The molecule has 3 nitrogen and oxygen atoms in total. The van der Waals surface area contributed by atoms with Crippen LogP contribution in [0.3, 0.4) is 0 Å². The molecule has 0 rings (SSSR count). The quantitative estimate of drug-likeness (QED) is 0.530. The molecule has 1 atom stereocenters. The molecular formula is C6H15BNO2. The van der Waals surface area contributed by atoms with E-state index in [-0.39, 0.29) is 6.10 Å². The molecule has 10 heavy (non-hydrogen) atoms. The number of hydrogen-bond acceptors (Lipinski definition) is 3. The molecule has 0 aromatic carbocycles. The van der Waals surface area contributed by atoms with Crippen LogP contribution < -0.4 is 5.64 Å². The lowest BCUT2D eigenvalue weighted by molar-refractivity contribution is 0.0912. The Balaban J connectivity index is 3.16. The van der Waals surface area contributed by atoms with Gasteiger partial charge in [0.15, 0.2) is 0 Å². The Morgan fingerprint density at radius 1 is 1.60 bits per heavy atom. The highest BCUT2D eigenvalue weighted by atomic mass is 16.4. The first-order valence-electron chi connectivity index (χ1n) is 3.50. The lowest BCUT2D eigenvalue weighted by Gasteiger charge is -2.11. The van der Waals surface area contributed by atoms with E-state index >= 15 is 0 Å². The van der Waals surface area contributed by atoms with Crippen LogP contribution in [0.25, 0.3) is 0 Å². The van der Waals surface area contributed by atoms with Crippen LogP contribution in [0.15, 0.2) is 0 Å². The normalized spacial score (nSPS) is 13.7. The Labute approximate surface area is 62.9 Å². The highest BCUT2D eigenvalue weighted by Gasteiger charge is 2.05. The van der Waals surface area contributed by atoms with Crippen LogP contribution in [-0.4, -0.2) is 25.4 Å². The Morgan fingerprint density at radius 2 is 2.20 bits per heavy atom. The molecule has 0 aromatic rings. The van der Waals surface area contributed by atoms with Gasteiger partial charge in [-0.3, -0.25) is 0 Å². The predicted molar refractivity (Wildman–Crippen MR) is 41.4 cm³/mol. The highest BCUT2D eigenvalue weighted by Crippen LogP contribution is 2.03. The molecule has 1 radical (unpaired) electrons. The minimum Gasteiger partial charge on any atom is -0.422 e. The van der Waals surface area contributed by atoms with Crippen LogP contribution in [0.4, 0.5) is 0 Å². The van der Waals surface area contributed by atoms with Crippen LogP contribution in [-0.2, 0) is 4.65 Å². The maximum atomic E-state index is 9.15. The SMILES string of the molecule is CC(C)CC(O)CO[B]N. The second kappa shape index (κ2) is 5.71. The summed E-state index contributed by atoms with van der Waals surface area (Å²) in [4.78, 5) is 0. The van der Waals surface area contributed by atoms with Gasteiger partial charge in [-0.25, -0.2) is 0 Å². The number of rotatable bonds is 5. The molecular weight excluding hydrogens is 129 g/mol. The number of aliphatic hydroxyl groups is 1. The van der Waals surface area contributed by atoms with Gasteiger partial charge >= 0.3 is 7.62 Å². The topological polar surface area (TPSA) is 55.5 Å². The van der Waals surface area contributed by atoms with Gasteiger partial charge < -0.3 is 15.4 Å². The average molecular weight is 144 g/mol. The Morgan fingerprint density at radius 3 is 2.60 bits per heavy atom. The van der Waals surface area contributed by atoms with Gasteiger partial charge in [-0.05, 0) is 12.3 Å². The van der Waals surface area contributed by atoms with E-state index in [1.165, 1.54) is 0 Å². The number of nitrogens with two attached hydrogens (primary N) is 1. The van der Waals surface area contributed by atoms with Crippen LogP contribution in [0.5, 0.6) is 0 Å². The zero-order valence-corrected chi connectivity index (χ0v) is 6.58. The molecule has 0 aliphatic carbocycles. The smallest absolute Gasteiger partial charge is 0.392 e. The van der Waals surface area contributed by atoms with E-state index in [9.17, 15) is 0 Å². The first kappa shape index (κ1) is 9.94. The van der Waals surface area contributed by atoms with Crippen molar-refractivity contribution in [2.24, 2.45) is 11.6 Å². The molecule has 0 bridgehead atoms. The van der Waals surface area contributed by atoms with Crippen LogP contribution in [0.1, 0.15) is 20.3 Å². The fraction of sp³-hybridized carbons (Fsp3) is 1.00. The van der Waals surface area contributed by atoms with Crippen molar-refractivity contribution < 1.29 is 9.76 Å². The minimum atomic E-state index is -0.389. The Bertz CT molecular complexity index is 80.1. The van der Waals surface area contributed by atoms with Crippen molar-refractivity contribution in [1.82, 2.24) is 0 Å². The summed E-state index contributed by atoms with van der Waals surface area (Å²) in [7, 11) is 1.10. The number of hydrogen-bond donors (Lipinski definition) is 2. The summed E-state index contributed by atoms with van der Waals surface area (Å²) < 4.78 is 4.70. The Hall–Kier alpha value is -0.0551. The Kier molecular flexibility index (Phi) is 5.68. The van der Waals surface area contributed by atoms with Gasteiger partial charge in [0.2, 0.25) is 0 Å². The minimum absolute atomic E-state index is 0.300. The third kappa shape index (κ3) is 6.07. The standard InChI is InChI=1S/C6H15BNO2/c1-5(2)3-6(9)4-10-7-8/h5-6,9H,3-4,8H2,1-2H3. The molecule has 0 fully saturated rings. The zero-order chi connectivity index (χ0) is 7.98. The molecule has 0 aliphatic rings. The third-order valence-electron chi connectivity index (χ3n) is 1.13. The molecule has 0 aliphatic heterocycles. The van der Waals surface area contributed by atoms with E-state index in [4.69, 9.17) is 15.4 Å². The predicted octanol–water partition coefficient (Wildman–Crippen LogP) is -0.0971. The molecule has 0 saturated carbocycles. The first-order valence-corrected chi connectivity index (χ1v) is 3.50. The molecule has 0 amide bonds. The van der Waals surface area contributed by atoms with Gasteiger partial charge in [-0.15, -0.1) is 0 Å². The van der Waals surface area contributed by atoms with Crippen molar-refractivity contribution in [3.8, 4) is 0 Å². The van der Waals surface area contributed by atoms with Crippen LogP contribution >= 0.6 is 0 Å². The summed E-state index contributed by atoms with van der Waals surface area (Å²) in [6.45, 7) is 4.40. The van der Waals surface area contributed by atoms with E-state index in [1.807, 2.05) is 0 Å². The molecule has 0 heterocycles. The van der Waals surface area contributed by atoms with Gasteiger partial charge in [0.1, 0.15) is 0 Å². The molecule has 4 heteroatoms.